The number of hydrogen-bond acceptors (Lipinski definition) is 3. The van der Waals surface area contributed by atoms with Crippen molar-refractivity contribution in [3.8, 4) is 0 Å². The zero-order chi connectivity index (χ0) is 19.2. The number of aromatic amines is 1. The Labute approximate surface area is 159 Å². The molecule has 0 bridgehead atoms. The molecule has 0 spiro atoms. The van der Waals surface area contributed by atoms with Crippen molar-refractivity contribution in [1.82, 2.24) is 15.6 Å². The fourth-order valence-corrected chi connectivity index (χ4v) is 3.33. The number of aryl methyl sites for hydroxylation is 1. The Kier molecular flexibility index (Phi) is 6.04. The third-order valence-electron chi connectivity index (χ3n) is 4.69. The van der Waals surface area contributed by atoms with Crippen LogP contribution in [0, 0.1) is 0 Å². The van der Waals surface area contributed by atoms with Gasteiger partial charge in [0.1, 0.15) is 0 Å². The van der Waals surface area contributed by atoms with Gasteiger partial charge in [0.15, 0.2) is 5.78 Å². The molecule has 5 nitrogen and oxygen atoms in total. The SMILES string of the molecule is CCc1cccc2c(C(=O)[C@H](NCCNC(C)=O)c3ccccc3)c[nH]c12. The second kappa shape index (κ2) is 8.64. The van der Waals surface area contributed by atoms with E-state index in [1.54, 1.807) is 6.20 Å². The number of carbonyl (C=O) groups is 2. The monoisotopic (exact) mass is 363 g/mol. The van der Waals surface area contributed by atoms with Crippen LogP contribution in [0.25, 0.3) is 10.9 Å². The van der Waals surface area contributed by atoms with Gasteiger partial charge in [-0.25, -0.2) is 0 Å². The highest BCUT2D eigenvalue weighted by atomic mass is 16.1. The van der Waals surface area contributed by atoms with Gasteiger partial charge in [-0.1, -0.05) is 55.5 Å². The molecule has 140 valence electrons. The Morgan fingerprint density at radius 2 is 1.81 bits per heavy atom. The molecular formula is C22H25N3O2. The lowest BCUT2D eigenvalue weighted by Crippen LogP contribution is -2.35. The summed E-state index contributed by atoms with van der Waals surface area (Å²) in [5, 5.41) is 6.99. The van der Waals surface area contributed by atoms with Crippen LogP contribution in [0.4, 0.5) is 0 Å². The van der Waals surface area contributed by atoms with Gasteiger partial charge in [0.2, 0.25) is 5.91 Å². The number of fused-ring (bicyclic) bond motifs is 1. The molecule has 1 aromatic heterocycles. The Morgan fingerprint density at radius 1 is 1.04 bits per heavy atom. The predicted molar refractivity (Wildman–Crippen MR) is 108 cm³/mol. The minimum Gasteiger partial charge on any atom is -0.360 e. The second-order valence-electron chi connectivity index (χ2n) is 6.54. The minimum absolute atomic E-state index is 0.0172. The van der Waals surface area contributed by atoms with Crippen molar-refractivity contribution in [2.75, 3.05) is 13.1 Å². The van der Waals surface area contributed by atoms with E-state index in [0.29, 0.717) is 18.7 Å². The van der Waals surface area contributed by atoms with Crippen molar-refractivity contribution in [3.05, 3.63) is 71.4 Å². The number of ketones is 1. The number of benzene rings is 2. The summed E-state index contributed by atoms with van der Waals surface area (Å²) in [4.78, 5) is 27.7. The normalized spacial score (nSPS) is 12.1. The molecular weight excluding hydrogens is 338 g/mol. The van der Waals surface area contributed by atoms with Gasteiger partial charge in [-0.2, -0.15) is 0 Å². The summed E-state index contributed by atoms with van der Waals surface area (Å²) in [6.45, 7) is 4.57. The molecule has 0 fully saturated rings. The maximum Gasteiger partial charge on any atom is 0.216 e. The van der Waals surface area contributed by atoms with Gasteiger partial charge in [0, 0.05) is 42.7 Å². The molecule has 1 heterocycles. The van der Waals surface area contributed by atoms with Crippen LogP contribution in [0.5, 0.6) is 0 Å². The van der Waals surface area contributed by atoms with Crippen LogP contribution in [0.2, 0.25) is 0 Å². The third kappa shape index (κ3) is 4.26. The highest BCUT2D eigenvalue weighted by Gasteiger charge is 2.24. The van der Waals surface area contributed by atoms with E-state index in [2.05, 4.69) is 28.6 Å². The summed E-state index contributed by atoms with van der Waals surface area (Å²) in [6, 6.07) is 15.3. The third-order valence-corrected chi connectivity index (χ3v) is 4.69. The van der Waals surface area contributed by atoms with Gasteiger partial charge in [-0.05, 0) is 17.5 Å². The summed E-state index contributed by atoms with van der Waals surface area (Å²) in [5.74, 6) is -0.0633. The standard InChI is InChI=1S/C22H25N3O2/c1-3-16-10-7-11-18-19(14-25-20(16)18)22(27)21(17-8-5-4-6-9-17)24-13-12-23-15(2)26/h4-11,14,21,24-25H,3,12-13H2,1-2H3,(H,23,26)/t21-/m1/s1. The predicted octanol–water partition coefficient (Wildman–Crippen LogP) is 3.38. The van der Waals surface area contributed by atoms with Crippen LogP contribution in [0.1, 0.15) is 41.4 Å². The van der Waals surface area contributed by atoms with Gasteiger partial charge in [-0.3, -0.25) is 9.59 Å². The smallest absolute Gasteiger partial charge is 0.216 e. The van der Waals surface area contributed by atoms with Gasteiger partial charge in [0.25, 0.3) is 0 Å². The summed E-state index contributed by atoms with van der Waals surface area (Å²) in [5.41, 5.74) is 3.81. The average Bonchev–Trinajstić information content (AvgIpc) is 3.12. The van der Waals surface area contributed by atoms with E-state index in [-0.39, 0.29) is 11.7 Å². The van der Waals surface area contributed by atoms with E-state index < -0.39 is 6.04 Å². The van der Waals surface area contributed by atoms with E-state index in [1.165, 1.54) is 12.5 Å². The first kappa shape index (κ1) is 18.9. The lowest BCUT2D eigenvalue weighted by atomic mass is 9.96. The molecule has 27 heavy (non-hydrogen) atoms. The first-order valence-corrected chi connectivity index (χ1v) is 9.27. The molecule has 0 saturated heterocycles. The first-order chi connectivity index (χ1) is 13.1. The van der Waals surface area contributed by atoms with Gasteiger partial charge >= 0.3 is 0 Å². The molecule has 2 aromatic carbocycles. The Hall–Kier alpha value is -2.92. The molecule has 3 aromatic rings. The van der Waals surface area contributed by atoms with Crippen LogP contribution < -0.4 is 10.6 Å². The zero-order valence-corrected chi connectivity index (χ0v) is 15.7. The van der Waals surface area contributed by atoms with E-state index in [1.807, 2.05) is 42.5 Å². The summed E-state index contributed by atoms with van der Waals surface area (Å²) >= 11 is 0. The van der Waals surface area contributed by atoms with Crippen LogP contribution in [0.3, 0.4) is 0 Å². The van der Waals surface area contributed by atoms with Crippen molar-refractivity contribution >= 4 is 22.6 Å². The molecule has 0 aliphatic heterocycles. The molecule has 3 N–H and O–H groups in total. The van der Waals surface area contributed by atoms with E-state index in [9.17, 15) is 9.59 Å². The van der Waals surface area contributed by atoms with Crippen LogP contribution in [-0.4, -0.2) is 29.8 Å². The number of Topliss-reactive ketones (excluding diaryl/α,β-unsaturated/α-hetero) is 1. The van der Waals surface area contributed by atoms with E-state index in [0.717, 1.165) is 22.9 Å². The molecule has 0 radical (unpaired) electrons. The fraction of sp³-hybridized carbons (Fsp3) is 0.273. The topological polar surface area (TPSA) is 74.0 Å². The van der Waals surface area contributed by atoms with E-state index in [4.69, 9.17) is 0 Å². The molecule has 5 heteroatoms. The summed E-state index contributed by atoms with van der Waals surface area (Å²) in [6.07, 6.45) is 2.71. The zero-order valence-electron chi connectivity index (χ0n) is 15.7. The molecule has 1 amide bonds. The number of rotatable bonds is 8. The largest absolute Gasteiger partial charge is 0.360 e. The van der Waals surface area contributed by atoms with Gasteiger partial charge < -0.3 is 15.6 Å². The van der Waals surface area contributed by atoms with E-state index >= 15 is 0 Å². The minimum atomic E-state index is -0.468. The lowest BCUT2D eigenvalue weighted by molar-refractivity contribution is -0.118. The lowest BCUT2D eigenvalue weighted by Gasteiger charge is -2.18. The number of para-hydroxylation sites is 1. The average molecular weight is 363 g/mol. The number of nitrogens with one attached hydrogen (secondary N) is 3. The van der Waals surface area contributed by atoms with Crippen molar-refractivity contribution < 1.29 is 9.59 Å². The van der Waals surface area contributed by atoms with Crippen molar-refractivity contribution in [2.24, 2.45) is 0 Å². The molecule has 0 unspecified atom stereocenters. The second-order valence-corrected chi connectivity index (χ2v) is 6.54. The fourth-order valence-electron chi connectivity index (χ4n) is 3.33. The number of H-pyrrole nitrogens is 1. The van der Waals surface area contributed by atoms with Crippen LogP contribution in [0.15, 0.2) is 54.7 Å². The van der Waals surface area contributed by atoms with Crippen molar-refractivity contribution in [3.63, 3.8) is 0 Å². The van der Waals surface area contributed by atoms with Crippen molar-refractivity contribution in [1.29, 1.82) is 0 Å². The maximum absolute atomic E-state index is 13.4. The Balaban J connectivity index is 1.90. The number of carbonyl (C=O) groups excluding carboxylic acids is 2. The molecule has 0 aliphatic rings. The highest BCUT2D eigenvalue weighted by molar-refractivity contribution is 6.11. The first-order valence-electron chi connectivity index (χ1n) is 9.27. The highest BCUT2D eigenvalue weighted by Crippen LogP contribution is 2.26. The van der Waals surface area contributed by atoms with Crippen molar-refractivity contribution in [2.45, 2.75) is 26.3 Å². The quantitative estimate of drug-likeness (QED) is 0.424. The summed E-state index contributed by atoms with van der Waals surface area (Å²) in [7, 11) is 0. The van der Waals surface area contributed by atoms with Gasteiger partial charge in [-0.15, -0.1) is 0 Å². The molecule has 1 atom stereocenters. The Bertz CT molecular complexity index is 931. The van der Waals surface area contributed by atoms with Crippen LogP contribution >= 0.6 is 0 Å². The van der Waals surface area contributed by atoms with Crippen LogP contribution in [-0.2, 0) is 11.2 Å². The molecule has 0 aliphatic carbocycles. The summed E-state index contributed by atoms with van der Waals surface area (Å²) < 4.78 is 0. The number of amides is 1. The van der Waals surface area contributed by atoms with Gasteiger partial charge in [0.05, 0.1) is 6.04 Å². The Morgan fingerprint density at radius 3 is 2.52 bits per heavy atom. The molecule has 3 rings (SSSR count). The molecule has 0 saturated carbocycles. The number of aromatic nitrogens is 1. The number of hydrogen-bond donors (Lipinski definition) is 3. The maximum atomic E-state index is 13.4.